The maximum atomic E-state index is 5.89. The molecule has 3 nitrogen and oxygen atoms in total. The summed E-state index contributed by atoms with van der Waals surface area (Å²) in [6, 6.07) is 11.8. The fourth-order valence-electron chi connectivity index (χ4n) is 1.91. The van der Waals surface area contributed by atoms with Crippen molar-refractivity contribution in [3.63, 3.8) is 0 Å². The zero-order chi connectivity index (χ0) is 14.5. The number of hydrogen-bond acceptors (Lipinski definition) is 3. The van der Waals surface area contributed by atoms with Gasteiger partial charge in [-0.1, -0.05) is 12.1 Å². The number of aryl methyl sites for hydroxylation is 3. The molecule has 0 aliphatic rings. The van der Waals surface area contributed by atoms with E-state index in [1.807, 2.05) is 37.3 Å². The molecule has 0 spiro atoms. The zero-order valence-electron chi connectivity index (χ0n) is 12.3. The average molecular weight is 271 g/mol. The molecular formula is C17H21NO2. The molecule has 0 aliphatic carbocycles. The van der Waals surface area contributed by atoms with E-state index in [0.29, 0.717) is 24.7 Å². The summed E-state index contributed by atoms with van der Waals surface area (Å²) in [5, 5.41) is 0. The minimum Gasteiger partial charge on any atom is -0.490 e. The second-order valence-corrected chi connectivity index (χ2v) is 4.98. The normalized spacial score (nSPS) is 10.3. The van der Waals surface area contributed by atoms with Gasteiger partial charge in [-0.05, 0) is 61.7 Å². The lowest BCUT2D eigenvalue weighted by Gasteiger charge is -2.11. The molecule has 0 aliphatic heterocycles. The number of hydrogen-bond donors (Lipinski definition) is 1. The van der Waals surface area contributed by atoms with Crippen molar-refractivity contribution in [1.29, 1.82) is 0 Å². The van der Waals surface area contributed by atoms with Crippen molar-refractivity contribution in [2.45, 2.75) is 20.8 Å². The van der Waals surface area contributed by atoms with E-state index in [9.17, 15) is 0 Å². The van der Waals surface area contributed by atoms with E-state index in [2.05, 4.69) is 19.9 Å². The summed E-state index contributed by atoms with van der Waals surface area (Å²) in [4.78, 5) is 0. The van der Waals surface area contributed by atoms with Crippen molar-refractivity contribution < 1.29 is 9.47 Å². The molecule has 106 valence electrons. The van der Waals surface area contributed by atoms with Crippen molar-refractivity contribution >= 4 is 5.69 Å². The van der Waals surface area contributed by atoms with Gasteiger partial charge in [-0.3, -0.25) is 0 Å². The molecule has 0 bridgehead atoms. The monoisotopic (exact) mass is 271 g/mol. The summed E-state index contributed by atoms with van der Waals surface area (Å²) in [7, 11) is 0. The smallest absolute Gasteiger partial charge is 0.142 e. The predicted octanol–water partition coefficient (Wildman–Crippen LogP) is 3.65. The van der Waals surface area contributed by atoms with Gasteiger partial charge in [0.25, 0.3) is 0 Å². The molecule has 2 aromatic rings. The van der Waals surface area contributed by atoms with E-state index >= 15 is 0 Å². The van der Waals surface area contributed by atoms with E-state index in [-0.39, 0.29) is 0 Å². The van der Waals surface area contributed by atoms with Crippen molar-refractivity contribution in [2.75, 3.05) is 18.9 Å². The Bertz CT molecular complexity index is 594. The van der Waals surface area contributed by atoms with E-state index in [0.717, 1.165) is 11.3 Å². The Balaban J connectivity index is 1.82. The topological polar surface area (TPSA) is 44.5 Å². The molecule has 2 N–H and O–H groups in total. The standard InChI is InChI=1S/C17H21NO2/c1-12-4-7-17(16(18)10-12)20-9-8-19-15-6-5-13(2)14(3)11-15/h4-7,10-11H,8-9,18H2,1-3H3. The molecule has 0 radical (unpaired) electrons. The third-order valence-electron chi connectivity index (χ3n) is 3.25. The van der Waals surface area contributed by atoms with E-state index in [4.69, 9.17) is 15.2 Å². The first-order valence-corrected chi connectivity index (χ1v) is 6.75. The van der Waals surface area contributed by atoms with Crippen LogP contribution in [0.1, 0.15) is 16.7 Å². The Morgan fingerprint density at radius 2 is 1.60 bits per heavy atom. The van der Waals surface area contributed by atoms with Crippen LogP contribution in [0.25, 0.3) is 0 Å². The van der Waals surface area contributed by atoms with Crippen molar-refractivity contribution in [3.05, 3.63) is 53.1 Å². The van der Waals surface area contributed by atoms with Gasteiger partial charge in [0.05, 0.1) is 5.69 Å². The Labute approximate surface area is 120 Å². The SMILES string of the molecule is Cc1ccc(OCCOc2ccc(C)c(C)c2)c(N)c1. The van der Waals surface area contributed by atoms with Crippen molar-refractivity contribution in [3.8, 4) is 11.5 Å². The summed E-state index contributed by atoms with van der Waals surface area (Å²) in [6.07, 6.45) is 0. The molecule has 2 rings (SSSR count). The minimum atomic E-state index is 0.472. The van der Waals surface area contributed by atoms with Gasteiger partial charge in [-0.2, -0.15) is 0 Å². The Morgan fingerprint density at radius 3 is 2.30 bits per heavy atom. The Hall–Kier alpha value is -2.16. The van der Waals surface area contributed by atoms with Crippen molar-refractivity contribution in [2.24, 2.45) is 0 Å². The van der Waals surface area contributed by atoms with Crippen LogP contribution in [0.4, 0.5) is 5.69 Å². The van der Waals surface area contributed by atoms with Gasteiger partial charge < -0.3 is 15.2 Å². The predicted molar refractivity (Wildman–Crippen MR) is 82.5 cm³/mol. The first kappa shape index (κ1) is 14.3. The number of nitrogens with two attached hydrogens (primary N) is 1. The first-order chi connectivity index (χ1) is 9.56. The second-order valence-electron chi connectivity index (χ2n) is 4.98. The van der Waals surface area contributed by atoms with Gasteiger partial charge in [0.1, 0.15) is 24.7 Å². The lowest BCUT2D eigenvalue weighted by atomic mass is 10.1. The summed E-state index contributed by atoms with van der Waals surface area (Å²) < 4.78 is 11.3. The summed E-state index contributed by atoms with van der Waals surface area (Å²) in [5.41, 5.74) is 10.2. The van der Waals surface area contributed by atoms with Gasteiger partial charge in [0.15, 0.2) is 0 Å². The fraction of sp³-hybridized carbons (Fsp3) is 0.294. The van der Waals surface area contributed by atoms with E-state index < -0.39 is 0 Å². The molecular weight excluding hydrogens is 250 g/mol. The van der Waals surface area contributed by atoms with Gasteiger partial charge in [0, 0.05) is 0 Å². The number of nitrogen functional groups attached to an aromatic ring is 1. The maximum absolute atomic E-state index is 5.89. The molecule has 2 aromatic carbocycles. The second kappa shape index (κ2) is 6.33. The number of anilines is 1. The Kier molecular flexibility index (Phi) is 4.51. The minimum absolute atomic E-state index is 0.472. The van der Waals surface area contributed by atoms with Crippen LogP contribution in [0.5, 0.6) is 11.5 Å². The van der Waals surface area contributed by atoms with Crippen LogP contribution in [0.2, 0.25) is 0 Å². The van der Waals surface area contributed by atoms with Gasteiger partial charge in [-0.15, -0.1) is 0 Å². The van der Waals surface area contributed by atoms with Gasteiger partial charge >= 0.3 is 0 Å². The zero-order valence-corrected chi connectivity index (χ0v) is 12.3. The fourth-order valence-corrected chi connectivity index (χ4v) is 1.91. The molecule has 0 unspecified atom stereocenters. The van der Waals surface area contributed by atoms with Gasteiger partial charge in [-0.25, -0.2) is 0 Å². The highest BCUT2D eigenvalue weighted by molar-refractivity contribution is 5.54. The molecule has 0 amide bonds. The van der Waals surface area contributed by atoms with Crippen LogP contribution in [0.15, 0.2) is 36.4 Å². The van der Waals surface area contributed by atoms with Gasteiger partial charge in [0.2, 0.25) is 0 Å². The first-order valence-electron chi connectivity index (χ1n) is 6.75. The number of benzene rings is 2. The molecule has 20 heavy (non-hydrogen) atoms. The summed E-state index contributed by atoms with van der Waals surface area (Å²) in [5.74, 6) is 1.58. The summed E-state index contributed by atoms with van der Waals surface area (Å²) >= 11 is 0. The van der Waals surface area contributed by atoms with Crippen molar-refractivity contribution in [1.82, 2.24) is 0 Å². The van der Waals surface area contributed by atoms with Crippen LogP contribution in [-0.4, -0.2) is 13.2 Å². The van der Waals surface area contributed by atoms with Crippen LogP contribution in [0.3, 0.4) is 0 Å². The maximum Gasteiger partial charge on any atom is 0.142 e. The Morgan fingerprint density at radius 1 is 0.850 bits per heavy atom. The quantitative estimate of drug-likeness (QED) is 0.667. The lowest BCUT2D eigenvalue weighted by Crippen LogP contribution is -2.10. The average Bonchev–Trinajstić information content (AvgIpc) is 2.40. The molecule has 0 saturated heterocycles. The highest BCUT2D eigenvalue weighted by Crippen LogP contribution is 2.22. The molecule has 0 aromatic heterocycles. The van der Waals surface area contributed by atoms with Crippen LogP contribution in [-0.2, 0) is 0 Å². The van der Waals surface area contributed by atoms with Crippen LogP contribution >= 0.6 is 0 Å². The van der Waals surface area contributed by atoms with Crippen LogP contribution in [0, 0.1) is 20.8 Å². The lowest BCUT2D eigenvalue weighted by molar-refractivity contribution is 0.218. The highest BCUT2D eigenvalue weighted by atomic mass is 16.5. The third-order valence-corrected chi connectivity index (χ3v) is 3.25. The largest absolute Gasteiger partial charge is 0.490 e. The van der Waals surface area contributed by atoms with E-state index in [1.165, 1.54) is 11.1 Å². The molecule has 0 saturated carbocycles. The molecule has 3 heteroatoms. The number of rotatable bonds is 5. The molecule has 0 atom stereocenters. The molecule has 0 fully saturated rings. The summed E-state index contributed by atoms with van der Waals surface area (Å²) in [6.45, 7) is 7.13. The highest BCUT2D eigenvalue weighted by Gasteiger charge is 2.01. The van der Waals surface area contributed by atoms with Crippen LogP contribution < -0.4 is 15.2 Å². The molecule has 0 heterocycles. The number of ether oxygens (including phenoxy) is 2. The van der Waals surface area contributed by atoms with E-state index in [1.54, 1.807) is 0 Å². The third kappa shape index (κ3) is 3.67.